The van der Waals surface area contributed by atoms with Crippen molar-refractivity contribution >= 4 is 38.8 Å². The zero-order valence-electron chi connectivity index (χ0n) is 14.1. The first-order valence-corrected chi connectivity index (χ1v) is 10.2. The van der Waals surface area contributed by atoms with Gasteiger partial charge < -0.3 is 9.32 Å². The Kier molecular flexibility index (Phi) is 3.69. The van der Waals surface area contributed by atoms with E-state index in [0.29, 0.717) is 11.5 Å². The average molecular weight is 380 g/mol. The summed E-state index contributed by atoms with van der Waals surface area (Å²) in [6, 6.07) is 13.8. The Balaban J connectivity index is 1.44. The van der Waals surface area contributed by atoms with Crippen LogP contribution in [0.2, 0.25) is 0 Å². The molecule has 0 aliphatic carbocycles. The van der Waals surface area contributed by atoms with Gasteiger partial charge in [0.15, 0.2) is 16.5 Å². The van der Waals surface area contributed by atoms with Crippen LogP contribution in [0.3, 0.4) is 0 Å². The quantitative estimate of drug-likeness (QED) is 0.469. The average Bonchev–Trinajstić information content (AvgIpc) is 3.39. The number of carbonyl (C=O) groups is 1. The van der Waals surface area contributed by atoms with Crippen LogP contribution < -0.4 is 0 Å². The molecular weight excluding hydrogens is 364 g/mol. The molecule has 0 radical (unpaired) electrons. The van der Waals surface area contributed by atoms with E-state index in [0.717, 1.165) is 28.2 Å². The van der Waals surface area contributed by atoms with Crippen LogP contribution in [0.15, 0.2) is 52.3 Å². The number of benzene rings is 1. The smallest absolute Gasteiger partial charge is 0.290 e. The Labute approximate surface area is 158 Å². The topological polar surface area (TPSA) is 46.3 Å². The number of thiophene rings is 1. The third-order valence-corrected chi connectivity index (χ3v) is 6.91. The third-order valence-electron chi connectivity index (χ3n) is 4.86. The molecule has 1 aliphatic heterocycles. The first kappa shape index (κ1) is 15.8. The van der Waals surface area contributed by atoms with E-state index in [2.05, 4.69) is 23.4 Å². The fourth-order valence-electron chi connectivity index (χ4n) is 3.47. The second kappa shape index (κ2) is 6.07. The van der Waals surface area contributed by atoms with Crippen molar-refractivity contribution < 1.29 is 9.21 Å². The third kappa shape index (κ3) is 2.48. The Hall–Kier alpha value is -2.44. The standard InChI is InChI=1S/C20H16N2O2S2/c1-12-13-9-11-25-17(13)8-10-22(12)20(23)16-7-6-15(24-16)19-21-14-4-2-3-5-18(14)26-19/h2-7,9,11-12H,8,10H2,1H3/t12-/m0/s1. The highest BCUT2D eigenvalue weighted by molar-refractivity contribution is 7.21. The highest BCUT2D eigenvalue weighted by Crippen LogP contribution is 2.35. The second-order valence-corrected chi connectivity index (χ2v) is 8.41. The predicted molar refractivity (Wildman–Crippen MR) is 105 cm³/mol. The number of rotatable bonds is 2. The van der Waals surface area contributed by atoms with Gasteiger partial charge in [-0.3, -0.25) is 4.79 Å². The molecule has 1 amide bonds. The lowest BCUT2D eigenvalue weighted by atomic mass is 10.0. The predicted octanol–water partition coefficient (Wildman–Crippen LogP) is 5.38. The van der Waals surface area contributed by atoms with Gasteiger partial charge in [0, 0.05) is 11.4 Å². The molecule has 0 unspecified atom stereocenters. The number of para-hydroxylation sites is 1. The normalized spacial score (nSPS) is 16.8. The van der Waals surface area contributed by atoms with E-state index in [1.165, 1.54) is 10.4 Å². The molecular formula is C20H16N2O2S2. The van der Waals surface area contributed by atoms with Crippen LogP contribution in [0.4, 0.5) is 0 Å². The molecule has 0 spiro atoms. The maximum atomic E-state index is 13.0. The minimum absolute atomic E-state index is 0.0540. The largest absolute Gasteiger partial charge is 0.448 e. The van der Waals surface area contributed by atoms with Crippen LogP contribution in [0.25, 0.3) is 21.0 Å². The molecule has 4 aromatic rings. The van der Waals surface area contributed by atoms with Crippen molar-refractivity contribution in [1.82, 2.24) is 9.88 Å². The molecule has 4 nitrogen and oxygen atoms in total. The summed E-state index contributed by atoms with van der Waals surface area (Å²) in [5.74, 6) is 0.974. The van der Waals surface area contributed by atoms with Crippen molar-refractivity contribution in [3.05, 3.63) is 64.0 Å². The van der Waals surface area contributed by atoms with Crippen LogP contribution in [-0.2, 0) is 6.42 Å². The number of hydrogen-bond donors (Lipinski definition) is 0. The maximum Gasteiger partial charge on any atom is 0.290 e. The summed E-state index contributed by atoms with van der Waals surface area (Å²) in [4.78, 5) is 20.9. The lowest BCUT2D eigenvalue weighted by Gasteiger charge is -2.33. The van der Waals surface area contributed by atoms with Gasteiger partial charge in [-0.1, -0.05) is 12.1 Å². The number of aromatic nitrogens is 1. The summed E-state index contributed by atoms with van der Waals surface area (Å²) in [7, 11) is 0. The van der Waals surface area contributed by atoms with Gasteiger partial charge in [0.25, 0.3) is 5.91 Å². The highest BCUT2D eigenvalue weighted by atomic mass is 32.1. The molecule has 0 N–H and O–H groups in total. The summed E-state index contributed by atoms with van der Waals surface area (Å²) < 4.78 is 7.00. The molecule has 6 heteroatoms. The number of carbonyl (C=O) groups excluding carboxylic acids is 1. The Morgan fingerprint density at radius 1 is 1.23 bits per heavy atom. The van der Waals surface area contributed by atoms with Gasteiger partial charge in [0.05, 0.1) is 16.3 Å². The SMILES string of the molecule is C[C@H]1c2ccsc2CCN1C(=O)c1ccc(-c2nc3ccccc3s2)o1. The zero-order valence-corrected chi connectivity index (χ0v) is 15.8. The molecule has 0 saturated heterocycles. The molecule has 0 bridgehead atoms. The summed E-state index contributed by atoms with van der Waals surface area (Å²) in [5, 5.41) is 2.91. The Morgan fingerprint density at radius 3 is 3.00 bits per heavy atom. The number of amides is 1. The van der Waals surface area contributed by atoms with Crippen LogP contribution >= 0.6 is 22.7 Å². The number of thiazole rings is 1. The minimum atomic E-state index is -0.0540. The van der Waals surface area contributed by atoms with Gasteiger partial charge >= 0.3 is 0 Å². The van der Waals surface area contributed by atoms with Crippen molar-refractivity contribution in [2.75, 3.05) is 6.54 Å². The number of nitrogens with zero attached hydrogens (tertiary/aromatic N) is 2. The molecule has 1 aliphatic rings. The van der Waals surface area contributed by atoms with E-state index in [1.807, 2.05) is 35.2 Å². The number of furan rings is 1. The maximum absolute atomic E-state index is 13.0. The van der Waals surface area contributed by atoms with Gasteiger partial charge in [0.1, 0.15) is 0 Å². The second-order valence-electron chi connectivity index (χ2n) is 6.37. The molecule has 3 aromatic heterocycles. The fourth-order valence-corrected chi connectivity index (χ4v) is 5.36. The Bertz CT molecular complexity index is 1070. The van der Waals surface area contributed by atoms with E-state index in [-0.39, 0.29) is 11.9 Å². The van der Waals surface area contributed by atoms with E-state index in [9.17, 15) is 4.79 Å². The van der Waals surface area contributed by atoms with E-state index in [1.54, 1.807) is 28.7 Å². The van der Waals surface area contributed by atoms with Crippen molar-refractivity contribution in [3.63, 3.8) is 0 Å². The van der Waals surface area contributed by atoms with Crippen molar-refractivity contribution in [2.24, 2.45) is 0 Å². The number of fused-ring (bicyclic) bond motifs is 2. The fraction of sp³-hybridized carbons (Fsp3) is 0.200. The van der Waals surface area contributed by atoms with Gasteiger partial charge in [-0.2, -0.15) is 0 Å². The van der Waals surface area contributed by atoms with Crippen LogP contribution in [0.1, 0.15) is 34.0 Å². The van der Waals surface area contributed by atoms with Crippen molar-refractivity contribution in [3.8, 4) is 10.8 Å². The van der Waals surface area contributed by atoms with E-state index in [4.69, 9.17) is 4.42 Å². The zero-order chi connectivity index (χ0) is 17.7. The van der Waals surface area contributed by atoms with Gasteiger partial charge in [0.2, 0.25) is 0 Å². The number of hydrogen-bond acceptors (Lipinski definition) is 5. The summed E-state index contributed by atoms with van der Waals surface area (Å²) in [6.07, 6.45) is 0.911. The molecule has 5 rings (SSSR count). The molecule has 1 aromatic carbocycles. The first-order chi connectivity index (χ1) is 12.7. The van der Waals surface area contributed by atoms with Crippen LogP contribution in [0, 0.1) is 0 Å². The molecule has 0 fully saturated rings. The monoisotopic (exact) mass is 380 g/mol. The molecule has 4 heterocycles. The molecule has 26 heavy (non-hydrogen) atoms. The summed E-state index contributed by atoms with van der Waals surface area (Å²) in [6.45, 7) is 2.81. The summed E-state index contributed by atoms with van der Waals surface area (Å²) >= 11 is 3.35. The van der Waals surface area contributed by atoms with Gasteiger partial charge in [-0.05, 0) is 54.6 Å². The van der Waals surface area contributed by atoms with E-state index < -0.39 is 0 Å². The van der Waals surface area contributed by atoms with Crippen molar-refractivity contribution in [1.29, 1.82) is 0 Å². The van der Waals surface area contributed by atoms with Gasteiger partial charge in [-0.25, -0.2) is 4.98 Å². The van der Waals surface area contributed by atoms with E-state index >= 15 is 0 Å². The lowest BCUT2D eigenvalue weighted by Crippen LogP contribution is -2.38. The van der Waals surface area contributed by atoms with Gasteiger partial charge in [-0.15, -0.1) is 22.7 Å². The Morgan fingerprint density at radius 2 is 2.12 bits per heavy atom. The van der Waals surface area contributed by atoms with Crippen LogP contribution in [-0.4, -0.2) is 22.3 Å². The molecule has 0 saturated carbocycles. The minimum Gasteiger partial charge on any atom is -0.448 e. The van der Waals surface area contributed by atoms with Crippen LogP contribution in [0.5, 0.6) is 0 Å². The highest BCUT2D eigenvalue weighted by Gasteiger charge is 2.30. The lowest BCUT2D eigenvalue weighted by molar-refractivity contribution is 0.0647. The summed E-state index contributed by atoms with van der Waals surface area (Å²) in [5.41, 5.74) is 2.21. The molecule has 1 atom stereocenters. The van der Waals surface area contributed by atoms with Crippen molar-refractivity contribution in [2.45, 2.75) is 19.4 Å². The molecule has 130 valence electrons. The first-order valence-electron chi connectivity index (χ1n) is 8.54.